The molecule has 0 unspecified atom stereocenters. The Kier molecular flexibility index (Phi) is 5.51. The third-order valence-corrected chi connectivity index (χ3v) is 12.3. The summed E-state index contributed by atoms with van der Waals surface area (Å²) in [5.74, 6) is 0. The van der Waals surface area contributed by atoms with Crippen molar-refractivity contribution in [3.05, 3.63) is 54.6 Å². The molecule has 0 radical (unpaired) electrons. The molecule has 19 heavy (non-hydrogen) atoms. The zero-order chi connectivity index (χ0) is 13.7. The Hall–Kier alpha value is -0.293. The van der Waals surface area contributed by atoms with Crippen molar-refractivity contribution in [2.45, 2.75) is 0 Å². The summed E-state index contributed by atoms with van der Waals surface area (Å²) in [6.07, 6.45) is 0. The molecule has 2 rings (SSSR count). The lowest BCUT2D eigenvalue weighted by Crippen LogP contribution is -2.55. The van der Waals surface area contributed by atoms with E-state index in [0.717, 1.165) is 16.1 Å². The average molecular weight is 323 g/mol. The van der Waals surface area contributed by atoms with Crippen LogP contribution in [0.5, 0.6) is 0 Å². The molecule has 0 aliphatic rings. The molecule has 0 spiro atoms. The summed E-state index contributed by atoms with van der Waals surface area (Å²) < 4.78 is 0. The highest BCUT2D eigenvalue weighted by atomic mass is 32.1. The van der Waals surface area contributed by atoms with Crippen molar-refractivity contribution in [1.29, 1.82) is 0 Å². The molecule has 0 N–H and O–H groups in total. The third kappa shape index (κ3) is 3.24. The van der Waals surface area contributed by atoms with Gasteiger partial charge in [0.15, 0.2) is 0 Å². The maximum Gasteiger partial charge on any atom is 0.115 e. The van der Waals surface area contributed by atoms with E-state index < -0.39 is 8.07 Å². The van der Waals surface area contributed by atoms with Gasteiger partial charge in [0.2, 0.25) is 0 Å². The Morgan fingerprint density at radius 3 is 1.58 bits per heavy atom. The van der Waals surface area contributed by atoms with Crippen LogP contribution in [-0.2, 0) is 0 Å². The molecule has 0 amide bonds. The number of rotatable bonds is 5. The summed E-state index contributed by atoms with van der Waals surface area (Å²) in [6.45, 7) is 0. The Balaban J connectivity index is 2.33. The van der Waals surface area contributed by atoms with Crippen LogP contribution >= 0.6 is 37.9 Å². The molecular weight excluding hydrogens is 304 g/mol. The normalized spacial score (nSPS) is 11.5. The number of hydrogen-bond donors (Lipinski definition) is 3. The minimum absolute atomic E-state index is 0.894. The van der Waals surface area contributed by atoms with Crippen LogP contribution < -0.4 is 5.19 Å². The second-order valence-electron chi connectivity index (χ2n) is 4.70. The molecule has 100 valence electrons. The molecule has 0 aliphatic heterocycles. The number of benzene rings is 2. The van der Waals surface area contributed by atoms with Crippen LogP contribution in [0.15, 0.2) is 54.6 Å². The minimum atomic E-state index is -1.62. The van der Waals surface area contributed by atoms with Crippen LogP contribution in [0.2, 0.25) is 0 Å². The molecule has 0 aromatic heterocycles. The zero-order valence-electron chi connectivity index (χ0n) is 10.7. The fourth-order valence-electron chi connectivity index (χ4n) is 2.07. The van der Waals surface area contributed by atoms with Crippen LogP contribution in [0, 0.1) is 0 Å². The molecule has 2 aromatic rings. The van der Waals surface area contributed by atoms with Crippen LogP contribution in [0.3, 0.4) is 0 Å². The molecule has 0 aliphatic carbocycles. The monoisotopic (exact) mass is 322 g/mol. The van der Waals surface area contributed by atoms with Gasteiger partial charge >= 0.3 is 0 Å². The third-order valence-electron chi connectivity index (χ3n) is 3.51. The lowest BCUT2D eigenvalue weighted by molar-refractivity contribution is 1.60. The van der Waals surface area contributed by atoms with E-state index in [0.29, 0.717) is 0 Å². The first-order chi connectivity index (χ1) is 9.25. The van der Waals surface area contributed by atoms with Crippen molar-refractivity contribution >= 4 is 51.1 Å². The van der Waals surface area contributed by atoms with E-state index in [-0.39, 0.29) is 0 Å². The van der Waals surface area contributed by atoms with E-state index in [1.165, 1.54) is 16.3 Å². The Labute approximate surface area is 132 Å². The van der Waals surface area contributed by atoms with Gasteiger partial charge < -0.3 is 0 Å². The predicted octanol–water partition coefficient (Wildman–Crippen LogP) is 3.42. The van der Waals surface area contributed by atoms with Gasteiger partial charge in [-0.05, 0) is 27.3 Å². The van der Waals surface area contributed by atoms with E-state index in [1.807, 2.05) is 6.07 Å². The topological polar surface area (TPSA) is 0 Å². The molecule has 0 nitrogen and oxygen atoms in total. The summed E-state index contributed by atoms with van der Waals surface area (Å²) in [4.78, 5) is 0. The molecule has 0 heterocycles. The van der Waals surface area contributed by atoms with E-state index in [4.69, 9.17) is 0 Å². The second kappa shape index (κ2) is 6.93. The first kappa shape index (κ1) is 15.1. The van der Waals surface area contributed by atoms with E-state index >= 15 is 0 Å². The van der Waals surface area contributed by atoms with Gasteiger partial charge in [0.05, 0.1) is 0 Å². The predicted molar refractivity (Wildman–Crippen MR) is 98.8 cm³/mol. The minimum Gasteiger partial charge on any atom is -0.182 e. The summed E-state index contributed by atoms with van der Waals surface area (Å²) in [5.41, 5.74) is 2.51. The average Bonchev–Trinajstić information content (AvgIpc) is 2.51. The quantitative estimate of drug-likeness (QED) is 0.545. The van der Waals surface area contributed by atoms with E-state index in [9.17, 15) is 0 Å². The molecule has 4 heteroatoms. The number of thiol groups is 3. The van der Waals surface area contributed by atoms with Crippen molar-refractivity contribution in [3.8, 4) is 11.1 Å². The number of hydrogen-bond acceptors (Lipinski definition) is 3. The highest BCUT2D eigenvalue weighted by Gasteiger charge is 2.30. The van der Waals surface area contributed by atoms with E-state index in [2.05, 4.69) is 86.4 Å². The van der Waals surface area contributed by atoms with Gasteiger partial charge in [-0.25, -0.2) is 0 Å². The Bertz CT molecular complexity index is 498. The fraction of sp³-hybridized carbons (Fsp3) is 0.200. The van der Waals surface area contributed by atoms with Gasteiger partial charge in [0.25, 0.3) is 0 Å². The van der Waals surface area contributed by atoms with Gasteiger partial charge in [-0.3, -0.25) is 0 Å². The van der Waals surface area contributed by atoms with Crippen LogP contribution in [0.25, 0.3) is 11.1 Å². The first-order valence-corrected chi connectivity index (χ1v) is 10.8. The highest BCUT2D eigenvalue weighted by molar-refractivity contribution is 7.88. The lowest BCUT2D eigenvalue weighted by atomic mass is 10.1. The first-order valence-electron chi connectivity index (χ1n) is 6.24. The SMILES string of the molecule is SC[Si](CS)(CS)c1ccc(-c2ccccc2)cc1. The second-order valence-corrected chi connectivity index (χ2v) is 11.6. The maximum atomic E-state index is 4.53. The molecular formula is C15H18S3Si. The van der Waals surface area contributed by atoms with Crippen molar-refractivity contribution in [3.63, 3.8) is 0 Å². The smallest absolute Gasteiger partial charge is 0.115 e. The van der Waals surface area contributed by atoms with Crippen LogP contribution in [-0.4, -0.2) is 24.2 Å². The summed E-state index contributed by atoms with van der Waals surface area (Å²) >= 11 is 13.6. The highest BCUT2D eigenvalue weighted by Crippen LogP contribution is 2.19. The van der Waals surface area contributed by atoms with Crippen LogP contribution in [0.1, 0.15) is 0 Å². The molecule has 2 aromatic carbocycles. The zero-order valence-corrected chi connectivity index (χ0v) is 14.3. The van der Waals surface area contributed by atoms with E-state index in [1.54, 1.807) is 0 Å². The maximum absolute atomic E-state index is 4.53. The van der Waals surface area contributed by atoms with Crippen molar-refractivity contribution in [1.82, 2.24) is 0 Å². The molecule has 0 bridgehead atoms. The van der Waals surface area contributed by atoms with Crippen molar-refractivity contribution in [2.75, 3.05) is 16.1 Å². The van der Waals surface area contributed by atoms with Gasteiger partial charge in [0.1, 0.15) is 8.07 Å². The lowest BCUT2D eigenvalue weighted by Gasteiger charge is -2.27. The summed E-state index contributed by atoms with van der Waals surface area (Å²) in [6, 6.07) is 19.3. The van der Waals surface area contributed by atoms with Crippen LogP contribution in [0.4, 0.5) is 0 Å². The van der Waals surface area contributed by atoms with Gasteiger partial charge in [-0.2, -0.15) is 37.9 Å². The summed E-state index contributed by atoms with van der Waals surface area (Å²) in [5, 5.41) is 4.08. The Morgan fingerprint density at radius 2 is 1.11 bits per heavy atom. The Morgan fingerprint density at radius 1 is 0.632 bits per heavy atom. The molecule has 0 saturated heterocycles. The van der Waals surface area contributed by atoms with Gasteiger partial charge in [0, 0.05) is 0 Å². The fourth-order valence-corrected chi connectivity index (χ4v) is 9.04. The van der Waals surface area contributed by atoms with Gasteiger partial charge in [-0.1, -0.05) is 59.8 Å². The molecule has 0 atom stereocenters. The summed E-state index contributed by atoms with van der Waals surface area (Å²) in [7, 11) is -1.62. The largest absolute Gasteiger partial charge is 0.182 e. The van der Waals surface area contributed by atoms with Crippen molar-refractivity contribution < 1.29 is 0 Å². The standard InChI is InChI=1S/C15H18S3Si/c16-10-19(11-17,12-18)15-8-6-14(7-9-15)13-4-2-1-3-5-13/h1-9,16-18H,10-12H2. The van der Waals surface area contributed by atoms with Gasteiger partial charge in [-0.15, -0.1) is 0 Å². The van der Waals surface area contributed by atoms with Crippen molar-refractivity contribution in [2.24, 2.45) is 0 Å². The molecule has 0 fully saturated rings. The molecule has 0 saturated carbocycles.